The summed E-state index contributed by atoms with van der Waals surface area (Å²) < 4.78 is 4.87. The van der Waals surface area contributed by atoms with Crippen molar-refractivity contribution in [1.29, 1.82) is 0 Å². The smallest absolute Gasteiger partial charge is 0.256 e. The van der Waals surface area contributed by atoms with E-state index in [0.717, 1.165) is 11.1 Å². The second-order valence-electron chi connectivity index (χ2n) is 4.61. The molecule has 0 saturated heterocycles. The Morgan fingerprint density at radius 2 is 2.24 bits per heavy atom. The summed E-state index contributed by atoms with van der Waals surface area (Å²) in [7, 11) is 1.57. The van der Waals surface area contributed by atoms with Crippen LogP contribution in [0.25, 0.3) is 11.4 Å². The molecule has 0 bridgehead atoms. The predicted octanol–water partition coefficient (Wildman–Crippen LogP) is 1.41. The number of carbonyl (C=O) groups excluding carboxylic acids is 1. The molecule has 0 aliphatic heterocycles. The van der Waals surface area contributed by atoms with Crippen molar-refractivity contribution in [3.63, 3.8) is 0 Å². The zero-order valence-electron chi connectivity index (χ0n) is 12.1. The van der Waals surface area contributed by atoms with Crippen LogP contribution in [0.3, 0.4) is 0 Å². The molecule has 0 atom stereocenters. The van der Waals surface area contributed by atoms with E-state index in [-0.39, 0.29) is 17.3 Å². The fraction of sp³-hybridized carbons (Fsp3) is 0.267. The van der Waals surface area contributed by atoms with Gasteiger partial charge in [0.25, 0.3) is 5.91 Å². The number of methoxy groups -OCH3 is 1. The van der Waals surface area contributed by atoms with Crippen LogP contribution in [0.5, 0.6) is 0 Å². The van der Waals surface area contributed by atoms with E-state index in [9.17, 15) is 4.79 Å². The van der Waals surface area contributed by atoms with Crippen LogP contribution in [0.4, 0.5) is 5.82 Å². The van der Waals surface area contributed by atoms with Crippen molar-refractivity contribution in [2.75, 3.05) is 26.0 Å². The summed E-state index contributed by atoms with van der Waals surface area (Å²) in [6.45, 7) is 2.84. The van der Waals surface area contributed by atoms with Crippen LogP contribution >= 0.6 is 0 Å². The van der Waals surface area contributed by atoms with E-state index in [2.05, 4.69) is 15.3 Å². The molecule has 2 aromatic rings. The number of nitrogens with zero attached hydrogens (tertiary/aromatic N) is 2. The molecule has 3 N–H and O–H groups in total. The van der Waals surface area contributed by atoms with Gasteiger partial charge in [-0.2, -0.15) is 0 Å². The number of nitrogens with one attached hydrogen (secondary N) is 1. The Kier molecular flexibility index (Phi) is 4.84. The van der Waals surface area contributed by atoms with Crippen molar-refractivity contribution < 1.29 is 9.53 Å². The van der Waals surface area contributed by atoms with Crippen LogP contribution in [0, 0.1) is 6.92 Å². The topological polar surface area (TPSA) is 90.1 Å². The van der Waals surface area contributed by atoms with Crippen molar-refractivity contribution in [3.8, 4) is 11.4 Å². The Bertz CT molecular complexity index is 643. The molecule has 0 spiro atoms. The maximum absolute atomic E-state index is 11.9. The van der Waals surface area contributed by atoms with Gasteiger partial charge in [-0.3, -0.25) is 4.79 Å². The Balaban J connectivity index is 2.19. The van der Waals surface area contributed by atoms with Gasteiger partial charge < -0.3 is 15.8 Å². The third kappa shape index (κ3) is 3.76. The predicted molar refractivity (Wildman–Crippen MR) is 80.8 cm³/mol. The monoisotopic (exact) mass is 286 g/mol. The third-order valence-electron chi connectivity index (χ3n) is 2.93. The summed E-state index contributed by atoms with van der Waals surface area (Å²) in [5.41, 5.74) is 8.10. The Morgan fingerprint density at radius 1 is 1.43 bits per heavy atom. The molecule has 0 fully saturated rings. The van der Waals surface area contributed by atoms with Gasteiger partial charge in [-0.25, -0.2) is 9.97 Å². The number of hydrogen-bond donors (Lipinski definition) is 2. The van der Waals surface area contributed by atoms with Gasteiger partial charge in [-0.15, -0.1) is 0 Å². The number of rotatable bonds is 5. The van der Waals surface area contributed by atoms with Crippen LogP contribution in [0.15, 0.2) is 30.5 Å². The standard InChI is InChI=1S/C15H18N4O2/c1-10-4-3-5-11(8-10)14-18-9-12(13(16)19-14)15(20)17-6-7-21-2/h3-5,8-9H,6-7H2,1-2H3,(H,17,20)(H2,16,18,19). The third-order valence-corrected chi connectivity index (χ3v) is 2.93. The molecule has 1 aromatic carbocycles. The van der Waals surface area contributed by atoms with E-state index in [1.807, 2.05) is 31.2 Å². The molecule has 0 unspecified atom stereocenters. The first-order chi connectivity index (χ1) is 10.1. The number of amides is 1. The van der Waals surface area contributed by atoms with E-state index in [0.29, 0.717) is 19.0 Å². The van der Waals surface area contributed by atoms with Gasteiger partial charge in [0.1, 0.15) is 5.82 Å². The van der Waals surface area contributed by atoms with Crippen LogP contribution in [-0.2, 0) is 4.74 Å². The first kappa shape index (κ1) is 14.9. The van der Waals surface area contributed by atoms with Gasteiger partial charge in [0.2, 0.25) is 0 Å². The molecule has 1 amide bonds. The highest BCUT2D eigenvalue weighted by Gasteiger charge is 2.12. The molecule has 6 nitrogen and oxygen atoms in total. The minimum Gasteiger partial charge on any atom is -0.383 e. The summed E-state index contributed by atoms with van der Waals surface area (Å²) in [4.78, 5) is 20.3. The normalized spacial score (nSPS) is 10.4. The number of benzene rings is 1. The molecule has 1 aromatic heterocycles. The molecule has 0 radical (unpaired) electrons. The maximum Gasteiger partial charge on any atom is 0.256 e. The Hall–Kier alpha value is -2.47. The number of aromatic nitrogens is 2. The second-order valence-corrected chi connectivity index (χ2v) is 4.61. The number of ether oxygens (including phenoxy) is 1. The highest BCUT2D eigenvalue weighted by Crippen LogP contribution is 2.18. The number of hydrogen-bond acceptors (Lipinski definition) is 5. The highest BCUT2D eigenvalue weighted by molar-refractivity contribution is 5.98. The van der Waals surface area contributed by atoms with E-state index >= 15 is 0 Å². The quantitative estimate of drug-likeness (QED) is 0.811. The lowest BCUT2D eigenvalue weighted by molar-refractivity contribution is 0.0937. The SMILES string of the molecule is COCCNC(=O)c1cnc(-c2cccc(C)c2)nc1N. The average molecular weight is 286 g/mol. The summed E-state index contributed by atoms with van der Waals surface area (Å²) in [6, 6.07) is 7.78. The molecule has 0 saturated carbocycles. The first-order valence-corrected chi connectivity index (χ1v) is 6.58. The van der Waals surface area contributed by atoms with Crippen LogP contribution in [-0.4, -0.2) is 36.1 Å². The molecule has 0 aliphatic carbocycles. The van der Waals surface area contributed by atoms with Crippen molar-refractivity contribution in [1.82, 2.24) is 15.3 Å². The van der Waals surface area contributed by atoms with Crippen LogP contribution < -0.4 is 11.1 Å². The Morgan fingerprint density at radius 3 is 2.90 bits per heavy atom. The molecule has 6 heteroatoms. The van der Waals surface area contributed by atoms with Crippen LogP contribution in [0.1, 0.15) is 15.9 Å². The minimum atomic E-state index is -0.305. The number of anilines is 1. The zero-order chi connectivity index (χ0) is 15.2. The van der Waals surface area contributed by atoms with Crippen LogP contribution in [0.2, 0.25) is 0 Å². The summed E-state index contributed by atoms with van der Waals surface area (Å²) >= 11 is 0. The van der Waals surface area contributed by atoms with Gasteiger partial charge in [-0.1, -0.05) is 23.8 Å². The van der Waals surface area contributed by atoms with E-state index < -0.39 is 0 Å². The zero-order valence-corrected chi connectivity index (χ0v) is 12.1. The minimum absolute atomic E-state index is 0.163. The lowest BCUT2D eigenvalue weighted by Gasteiger charge is -2.08. The van der Waals surface area contributed by atoms with E-state index in [1.165, 1.54) is 6.20 Å². The number of carbonyl (C=O) groups is 1. The second kappa shape index (κ2) is 6.81. The van der Waals surface area contributed by atoms with Crippen molar-refractivity contribution in [2.24, 2.45) is 0 Å². The largest absolute Gasteiger partial charge is 0.383 e. The molecular formula is C15H18N4O2. The van der Waals surface area contributed by atoms with Gasteiger partial charge in [0.15, 0.2) is 5.82 Å². The molecular weight excluding hydrogens is 268 g/mol. The van der Waals surface area contributed by atoms with Crippen molar-refractivity contribution in [2.45, 2.75) is 6.92 Å². The van der Waals surface area contributed by atoms with Gasteiger partial charge in [-0.05, 0) is 13.0 Å². The molecule has 110 valence electrons. The molecule has 1 heterocycles. The summed E-state index contributed by atoms with van der Waals surface area (Å²) in [6.07, 6.45) is 1.45. The van der Waals surface area contributed by atoms with E-state index in [4.69, 9.17) is 10.5 Å². The molecule has 2 rings (SSSR count). The molecule has 21 heavy (non-hydrogen) atoms. The number of aryl methyl sites for hydroxylation is 1. The summed E-state index contributed by atoms with van der Waals surface area (Å²) in [5.74, 6) is 0.362. The lowest BCUT2D eigenvalue weighted by atomic mass is 10.1. The average Bonchev–Trinajstić information content (AvgIpc) is 2.47. The number of nitrogens with two attached hydrogens (primary N) is 1. The van der Waals surface area contributed by atoms with Gasteiger partial charge in [0.05, 0.1) is 12.2 Å². The molecule has 0 aliphatic rings. The van der Waals surface area contributed by atoms with Gasteiger partial charge >= 0.3 is 0 Å². The Labute approximate surface area is 123 Å². The lowest BCUT2D eigenvalue weighted by Crippen LogP contribution is -2.28. The fourth-order valence-corrected chi connectivity index (χ4v) is 1.86. The van der Waals surface area contributed by atoms with Crippen molar-refractivity contribution in [3.05, 3.63) is 41.6 Å². The first-order valence-electron chi connectivity index (χ1n) is 6.58. The number of nitrogen functional groups attached to an aromatic ring is 1. The fourth-order valence-electron chi connectivity index (χ4n) is 1.86. The van der Waals surface area contributed by atoms with Crippen molar-refractivity contribution >= 4 is 11.7 Å². The van der Waals surface area contributed by atoms with E-state index in [1.54, 1.807) is 7.11 Å². The maximum atomic E-state index is 11.9. The summed E-state index contributed by atoms with van der Waals surface area (Å²) in [5, 5.41) is 2.69. The highest BCUT2D eigenvalue weighted by atomic mass is 16.5. The van der Waals surface area contributed by atoms with Gasteiger partial charge in [0, 0.05) is 25.4 Å².